The van der Waals surface area contributed by atoms with E-state index in [1.807, 2.05) is 4.98 Å². The Bertz CT molecular complexity index is 640. The number of hydrogen-bond acceptors (Lipinski definition) is 9. The SMILES string of the molecule is O=[N+]([O-])c1nc2c([N+](=O)[O-])nnc([N+](=O)[O-])c2[nH]1. The van der Waals surface area contributed by atoms with Gasteiger partial charge in [-0.05, 0) is 14.8 Å². The minimum atomic E-state index is -0.996. The number of H-pyrrole nitrogens is 1. The average Bonchev–Trinajstić information content (AvgIpc) is 2.71. The van der Waals surface area contributed by atoms with E-state index < -0.39 is 43.4 Å². The molecule has 0 spiro atoms. The largest absolute Gasteiger partial charge is 0.463 e. The third kappa shape index (κ3) is 1.55. The van der Waals surface area contributed by atoms with Crippen molar-refractivity contribution in [1.29, 1.82) is 0 Å². The van der Waals surface area contributed by atoms with E-state index in [1.165, 1.54) is 0 Å². The maximum absolute atomic E-state index is 10.6. The maximum atomic E-state index is 10.6. The third-order valence-corrected chi connectivity index (χ3v) is 1.88. The van der Waals surface area contributed by atoms with Crippen molar-refractivity contribution in [3.05, 3.63) is 30.3 Å². The number of nitrogens with one attached hydrogen (secondary N) is 1. The number of hydrogen-bond donors (Lipinski definition) is 1. The molecule has 0 fully saturated rings. The molecular formula is C5HN7O6. The summed E-state index contributed by atoms with van der Waals surface area (Å²) in [5.41, 5.74) is -1.11. The first-order valence-electron chi connectivity index (χ1n) is 4.11. The molecule has 0 saturated carbocycles. The Morgan fingerprint density at radius 2 is 1.44 bits per heavy atom. The molecule has 0 amide bonds. The summed E-state index contributed by atoms with van der Waals surface area (Å²) in [6, 6.07) is 0. The van der Waals surface area contributed by atoms with Crippen molar-refractivity contribution in [1.82, 2.24) is 20.2 Å². The fourth-order valence-electron chi connectivity index (χ4n) is 1.21. The molecule has 2 aromatic heterocycles. The summed E-state index contributed by atoms with van der Waals surface area (Å²) in [5, 5.41) is 37.7. The first kappa shape index (κ1) is 11.2. The van der Waals surface area contributed by atoms with Gasteiger partial charge in [-0.15, -0.1) is 0 Å². The highest BCUT2D eigenvalue weighted by atomic mass is 16.6. The van der Waals surface area contributed by atoms with Crippen molar-refractivity contribution >= 4 is 28.6 Å². The van der Waals surface area contributed by atoms with Crippen molar-refractivity contribution < 1.29 is 14.8 Å². The Labute approximate surface area is 94.9 Å². The van der Waals surface area contributed by atoms with Crippen molar-refractivity contribution in [2.24, 2.45) is 0 Å². The molecule has 1 N–H and O–H groups in total. The lowest BCUT2D eigenvalue weighted by atomic mass is 10.4. The second-order valence-corrected chi connectivity index (χ2v) is 2.90. The lowest BCUT2D eigenvalue weighted by Crippen LogP contribution is -2.00. The zero-order valence-electron chi connectivity index (χ0n) is 8.13. The third-order valence-electron chi connectivity index (χ3n) is 1.88. The van der Waals surface area contributed by atoms with Crippen LogP contribution in [0, 0.1) is 30.3 Å². The van der Waals surface area contributed by atoms with E-state index in [0.29, 0.717) is 0 Å². The summed E-state index contributed by atoms with van der Waals surface area (Å²) < 4.78 is 0. The molecule has 0 radical (unpaired) electrons. The minimum absolute atomic E-state index is 0.520. The van der Waals surface area contributed by atoms with Crippen LogP contribution in [-0.2, 0) is 0 Å². The maximum Gasteiger partial charge on any atom is 0.463 e. The number of nitro groups is 3. The van der Waals surface area contributed by atoms with Crippen LogP contribution < -0.4 is 0 Å². The minimum Gasteiger partial charge on any atom is -0.390 e. The number of aromatic nitrogens is 4. The molecule has 0 aliphatic rings. The standard InChI is InChI=1S/C5HN7O6/c13-10(14)3-1-2(4(9-8-3)11(15)16)7-5(6-1)12(17)18/h(H,6,7). The Morgan fingerprint density at radius 1 is 0.889 bits per heavy atom. The highest BCUT2D eigenvalue weighted by Gasteiger charge is 2.35. The molecule has 13 heteroatoms. The predicted molar refractivity (Wildman–Crippen MR) is 51.6 cm³/mol. The van der Waals surface area contributed by atoms with Gasteiger partial charge in [-0.25, -0.2) is 4.98 Å². The van der Waals surface area contributed by atoms with Gasteiger partial charge in [0.2, 0.25) is 10.2 Å². The van der Waals surface area contributed by atoms with Crippen LogP contribution in [0.25, 0.3) is 11.0 Å². The van der Waals surface area contributed by atoms with E-state index in [-0.39, 0.29) is 0 Å². The fourth-order valence-corrected chi connectivity index (χ4v) is 1.21. The Kier molecular flexibility index (Phi) is 2.28. The normalized spacial score (nSPS) is 10.4. The second-order valence-electron chi connectivity index (χ2n) is 2.90. The Balaban J connectivity index is 2.86. The molecule has 0 aliphatic carbocycles. The molecule has 0 aliphatic heterocycles. The topological polar surface area (TPSA) is 184 Å². The van der Waals surface area contributed by atoms with Gasteiger partial charge < -0.3 is 30.3 Å². The summed E-state index contributed by atoms with van der Waals surface area (Å²) in [6.45, 7) is 0. The Hall–Kier alpha value is -3.25. The zero-order chi connectivity index (χ0) is 13.4. The number of rotatable bonds is 3. The number of aromatic amines is 1. The number of nitrogens with zero attached hydrogens (tertiary/aromatic N) is 6. The summed E-state index contributed by atoms with van der Waals surface area (Å²) in [7, 11) is 0. The number of imidazole rings is 1. The predicted octanol–water partition coefficient (Wildman–Crippen LogP) is 0.0775. The molecule has 0 saturated heterocycles. The summed E-state index contributed by atoms with van der Waals surface area (Å²) in [5.74, 6) is -2.65. The van der Waals surface area contributed by atoms with Gasteiger partial charge in [0.25, 0.3) is 11.0 Å². The van der Waals surface area contributed by atoms with Crippen molar-refractivity contribution in [3.63, 3.8) is 0 Å². The van der Waals surface area contributed by atoms with Gasteiger partial charge in [-0.3, -0.25) is 0 Å². The molecule has 13 nitrogen and oxygen atoms in total. The highest BCUT2D eigenvalue weighted by Crippen LogP contribution is 2.28. The second kappa shape index (κ2) is 3.65. The van der Waals surface area contributed by atoms with Gasteiger partial charge in [0.05, 0.1) is 0 Å². The van der Waals surface area contributed by atoms with Gasteiger partial charge in [0, 0.05) is 0 Å². The molecule has 92 valence electrons. The van der Waals surface area contributed by atoms with Crippen molar-refractivity contribution in [2.75, 3.05) is 0 Å². The molecule has 18 heavy (non-hydrogen) atoms. The van der Waals surface area contributed by atoms with Gasteiger partial charge in [-0.1, -0.05) is 4.98 Å². The average molecular weight is 255 g/mol. The van der Waals surface area contributed by atoms with Gasteiger partial charge in [0.1, 0.15) is 0 Å². The van der Waals surface area contributed by atoms with E-state index in [0.717, 1.165) is 0 Å². The van der Waals surface area contributed by atoms with Crippen LogP contribution in [0.5, 0.6) is 0 Å². The molecule has 0 unspecified atom stereocenters. The van der Waals surface area contributed by atoms with E-state index in [2.05, 4.69) is 15.2 Å². The smallest absolute Gasteiger partial charge is 0.390 e. The highest BCUT2D eigenvalue weighted by molar-refractivity contribution is 5.88. The number of fused-ring (bicyclic) bond motifs is 1. The monoisotopic (exact) mass is 255 g/mol. The zero-order valence-corrected chi connectivity index (χ0v) is 8.13. The molecular weight excluding hydrogens is 254 g/mol. The van der Waals surface area contributed by atoms with Gasteiger partial charge in [0.15, 0.2) is 0 Å². The van der Waals surface area contributed by atoms with Crippen molar-refractivity contribution in [2.45, 2.75) is 0 Å². The van der Waals surface area contributed by atoms with Crippen LogP contribution in [0.1, 0.15) is 0 Å². The summed E-state index contributed by atoms with van der Waals surface area (Å²) in [6.07, 6.45) is 0. The quantitative estimate of drug-likeness (QED) is 0.585. The van der Waals surface area contributed by atoms with Crippen LogP contribution in [0.4, 0.5) is 17.6 Å². The molecule has 2 heterocycles. The van der Waals surface area contributed by atoms with Crippen LogP contribution in [-0.4, -0.2) is 34.9 Å². The van der Waals surface area contributed by atoms with E-state index in [4.69, 9.17) is 0 Å². The van der Waals surface area contributed by atoms with Crippen LogP contribution in [0.15, 0.2) is 0 Å². The molecule has 0 atom stereocenters. The first-order valence-corrected chi connectivity index (χ1v) is 4.11. The van der Waals surface area contributed by atoms with E-state index >= 15 is 0 Å². The molecule has 2 aromatic rings. The van der Waals surface area contributed by atoms with Crippen LogP contribution in [0.2, 0.25) is 0 Å². The van der Waals surface area contributed by atoms with Crippen LogP contribution in [0.3, 0.4) is 0 Å². The van der Waals surface area contributed by atoms with E-state index in [1.54, 1.807) is 0 Å². The fraction of sp³-hybridized carbons (Fsp3) is 0. The first-order chi connectivity index (χ1) is 8.41. The van der Waals surface area contributed by atoms with Gasteiger partial charge in [-0.2, -0.15) is 0 Å². The molecule has 0 bridgehead atoms. The lowest BCUT2D eigenvalue weighted by molar-refractivity contribution is -0.394. The van der Waals surface area contributed by atoms with Crippen molar-refractivity contribution in [3.8, 4) is 0 Å². The molecule has 0 aromatic carbocycles. The summed E-state index contributed by atoms with van der Waals surface area (Å²) >= 11 is 0. The Morgan fingerprint density at radius 3 is 1.94 bits per heavy atom. The summed E-state index contributed by atoms with van der Waals surface area (Å²) in [4.78, 5) is 33.9. The van der Waals surface area contributed by atoms with E-state index in [9.17, 15) is 30.3 Å². The molecule has 2 rings (SSSR count). The van der Waals surface area contributed by atoms with Gasteiger partial charge >= 0.3 is 17.6 Å². The lowest BCUT2D eigenvalue weighted by Gasteiger charge is -1.89. The van der Waals surface area contributed by atoms with Crippen LogP contribution >= 0.6 is 0 Å².